The van der Waals surface area contributed by atoms with Gasteiger partial charge in [-0.05, 0) is 6.92 Å². The molecule has 1 saturated heterocycles. The van der Waals surface area contributed by atoms with Crippen molar-refractivity contribution in [3.05, 3.63) is 12.7 Å². The zero-order valence-electron chi connectivity index (χ0n) is 5.63. The molecule has 0 amide bonds. The van der Waals surface area contributed by atoms with E-state index in [9.17, 15) is 0 Å². The molecule has 0 aromatic heterocycles. The minimum absolute atomic E-state index is 0.458. The van der Waals surface area contributed by atoms with Crippen molar-refractivity contribution in [3.8, 4) is 0 Å². The molecule has 1 fully saturated rings. The van der Waals surface area contributed by atoms with Gasteiger partial charge in [-0.3, -0.25) is 0 Å². The summed E-state index contributed by atoms with van der Waals surface area (Å²) >= 11 is 0. The zero-order chi connectivity index (χ0) is 7.11. The predicted octanol–water partition coefficient (Wildman–Crippen LogP) is 0.556. The van der Waals surface area contributed by atoms with Crippen molar-refractivity contribution < 1.29 is 9.94 Å². The minimum Gasteiger partial charge on any atom is -0.373 e. The lowest BCUT2D eigenvalue weighted by atomic mass is 10.6. The Kier molecular flexibility index (Phi) is 5.51. The van der Waals surface area contributed by atoms with Crippen molar-refractivity contribution >= 4 is 0 Å². The van der Waals surface area contributed by atoms with Gasteiger partial charge in [0.25, 0.3) is 0 Å². The average Bonchev–Trinajstić information content (AvgIpc) is 2.55. The molecule has 0 bridgehead atoms. The average molecular weight is 131 g/mol. The maximum Gasteiger partial charge on any atom is 0.0781 e. The van der Waals surface area contributed by atoms with Gasteiger partial charge in [-0.25, -0.2) is 5.48 Å². The fourth-order valence-corrected chi connectivity index (χ4v) is 0.161. The molecule has 0 spiro atoms. The van der Waals surface area contributed by atoms with Crippen molar-refractivity contribution in [2.24, 2.45) is 0 Å². The molecule has 0 aliphatic carbocycles. The van der Waals surface area contributed by atoms with Crippen LogP contribution >= 0.6 is 0 Å². The van der Waals surface area contributed by atoms with Crippen LogP contribution in [0.15, 0.2) is 12.7 Å². The van der Waals surface area contributed by atoms with E-state index in [0.29, 0.717) is 12.6 Å². The lowest BCUT2D eigenvalue weighted by Crippen LogP contribution is -2.04. The first-order chi connectivity index (χ1) is 4.31. The highest BCUT2D eigenvalue weighted by Gasteiger charge is 2.13. The number of rotatable bonds is 2. The third kappa shape index (κ3) is 11.3. The highest BCUT2D eigenvalue weighted by molar-refractivity contribution is 4.65. The van der Waals surface area contributed by atoms with Crippen LogP contribution in [-0.4, -0.2) is 24.5 Å². The Morgan fingerprint density at radius 1 is 2.00 bits per heavy atom. The van der Waals surface area contributed by atoms with Crippen LogP contribution in [0.1, 0.15) is 6.92 Å². The number of hydrogen-bond donors (Lipinski definition) is 2. The van der Waals surface area contributed by atoms with Gasteiger partial charge >= 0.3 is 0 Å². The monoisotopic (exact) mass is 131 g/mol. The van der Waals surface area contributed by atoms with E-state index in [1.165, 1.54) is 0 Å². The Balaban J connectivity index is 0.000000144. The number of epoxide rings is 1. The fourth-order valence-electron chi connectivity index (χ4n) is 0.161. The number of nitrogens with one attached hydrogen (secondary N) is 1. The third-order valence-corrected chi connectivity index (χ3v) is 0.736. The van der Waals surface area contributed by atoms with Crippen LogP contribution < -0.4 is 5.48 Å². The molecule has 1 aliphatic rings. The van der Waals surface area contributed by atoms with Gasteiger partial charge in [0.15, 0.2) is 0 Å². The summed E-state index contributed by atoms with van der Waals surface area (Å²) in [5.41, 5.74) is 1.90. The second-order valence-electron chi connectivity index (χ2n) is 1.79. The third-order valence-electron chi connectivity index (χ3n) is 0.736. The molecule has 0 radical (unpaired) electrons. The predicted molar refractivity (Wildman–Crippen MR) is 35.4 cm³/mol. The summed E-state index contributed by atoms with van der Waals surface area (Å²) in [6, 6.07) is 0. The highest BCUT2D eigenvalue weighted by atomic mass is 16.6. The molecule has 1 atom stereocenters. The summed E-state index contributed by atoms with van der Waals surface area (Å²) in [6.07, 6.45) is 2.15. The van der Waals surface area contributed by atoms with E-state index < -0.39 is 0 Å². The first-order valence-electron chi connectivity index (χ1n) is 2.90. The maximum atomic E-state index is 7.74. The topological polar surface area (TPSA) is 44.8 Å². The molecule has 2 N–H and O–H groups in total. The molecular formula is C6H13NO2. The Labute approximate surface area is 55.3 Å². The van der Waals surface area contributed by atoms with E-state index in [4.69, 9.17) is 9.94 Å². The van der Waals surface area contributed by atoms with E-state index in [0.717, 1.165) is 6.61 Å². The quantitative estimate of drug-likeness (QED) is 0.327. The molecular weight excluding hydrogens is 118 g/mol. The first kappa shape index (κ1) is 8.62. The molecule has 0 aromatic rings. The van der Waals surface area contributed by atoms with E-state index in [1.807, 2.05) is 5.48 Å². The standard InChI is InChI=1S/C3H7NO.C3H6O/c1-2-3-4-5;1-3-2-4-3/h2,4-5H,1,3H2;3H,2H2,1H3. The normalized spacial score (nSPS) is 21.8. The molecule has 3 nitrogen and oxygen atoms in total. The van der Waals surface area contributed by atoms with Gasteiger partial charge in [0, 0.05) is 6.54 Å². The Hall–Kier alpha value is -0.380. The lowest BCUT2D eigenvalue weighted by molar-refractivity contribution is 0.180. The first-order valence-corrected chi connectivity index (χ1v) is 2.90. The van der Waals surface area contributed by atoms with Gasteiger partial charge in [-0.2, -0.15) is 0 Å². The molecule has 9 heavy (non-hydrogen) atoms. The number of hydrogen-bond acceptors (Lipinski definition) is 3. The molecule has 1 rings (SSSR count). The summed E-state index contributed by atoms with van der Waals surface area (Å²) in [5.74, 6) is 0. The van der Waals surface area contributed by atoms with Crippen LogP contribution in [0.25, 0.3) is 0 Å². The van der Waals surface area contributed by atoms with Gasteiger partial charge in [0.05, 0.1) is 12.7 Å². The van der Waals surface area contributed by atoms with E-state index in [2.05, 4.69) is 13.5 Å². The summed E-state index contributed by atoms with van der Waals surface area (Å²) < 4.78 is 4.71. The molecule has 1 aliphatic heterocycles. The van der Waals surface area contributed by atoms with Gasteiger partial charge < -0.3 is 9.94 Å². The Morgan fingerprint density at radius 3 is 2.44 bits per heavy atom. The van der Waals surface area contributed by atoms with E-state index in [1.54, 1.807) is 6.08 Å². The molecule has 54 valence electrons. The SMILES string of the molecule is C=CCNO.CC1CO1. The molecule has 0 saturated carbocycles. The number of hydroxylamine groups is 1. The zero-order valence-corrected chi connectivity index (χ0v) is 5.63. The molecule has 1 unspecified atom stereocenters. The van der Waals surface area contributed by atoms with Crippen molar-refractivity contribution in [2.45, 2.75) is 13.0 Å². The summed E-state index contributed by atoms with van der Waals surface area (Å²) in [4.78, 5) is 0. The molecule has 3 heteroatoms. The van der Waals surface area contributed by atoms with Crippen molar-refractivity contribution in [1.29, 1.82) is 0 Å². The summed E-state index contributed by atoms with van der Waals surface area (Å²) in [6.45, 7) is 6.83. The summed E-state index contributed by atoms with van der Waals surface area (Å²) in [7, 11) is 0. The molecule has 1 heterocycles. The van der Waals surface area contributed by atoms with E-state index >= 15 is 0 Å². The van der Waals surface area contributed by atoms with E-state index in [-0.39, 0.29) is 0 Å². The Bertz CT molecular complexity index is 71.5. The van der Waals surface area contributed by atoms with Gasteiger partial charge in [-0.1, -0.05) is 6.08 Å². The van der Waals surface area contributed by atoms with Crippen LogP contribution in [0.3, 0.4) is 0 Å². The van der Waals surface area contributed by atoms with Crippen LogP contribution in [0.4, 0.5) is 0 Å². The smallest absolute Gasteiger partial charge is 0.0781 e. The minimum atomic E-state index is 0.458. The van der Waals surface area contributed by atoms with Crippen molar-refractivity contribution in [3.63, 3.8) is 0 Å². The summed E-state index contributed by atoms with van der Waals surface area (Å²) in [5, 5.41) is 7.74. The fraction of sp³-hybridized carbons (Fsp3) is 0.667. The highest BCUT2D eigenvalue weighted by Crippen LogP contribution is 2.04. The largest absolute Gasteiger partial charge is 0.373 e. The van der Waals surface area contributed by atoms with Crippen LogP contribution in [0.5, 0.6) is 0 Å². The molecule has 0 aromatic carbocycles. The van der Waals surface area contributed by atoms with Crippen LogP contribution in [-0.2, 0) is 4.74 Å². The van der Waals surface area contributed by atoms with Gasteiger partial charge in [0.1, 0.15) is 0 Å². The van der Waals surface area contributed by atoms with Gasteiger partial charge in [-0.15, -0.1) is 6.58 Å². The second kappa shape index (κ2) is 5.75. The second-order valence-corrected chi connectivity index (χ2v) is 1.79. The van der Waals surface area contributed by atoms with Crippen molar-refractivity contribution in [2.75, 3.05) is 13.2 Å². The van der Waals surface area contributed by atoms with Crippen LogP contribution in [0.2, 0.25) is 0 Å². The van der Waals surface area contributed by atoms with Gasteiger partial charge in [0.2, 0.25) is 0 Å². The Morgan fingerprint density at radius 2 is 2.44 bits per heavy atom. The van der Waals surface area contributed by atoms with Crippen LogP contribution in [0, 0.1) is 0 Å². The lowest BCUT2D eigenvalue weighted by Gasteiger charge is -1.78. The maximum absolute atomic E-state index is 7.74. The number of ether oxygens (including phenoxy) is 1. The van der Waals surface area contributed by atoms with Crippen molar-refractivity contribution in [1.82, 2.24) is 5.48 Å².